The lowest BCUT2D eigenvalue weighted by Gasteiger charge is -2.12. The Morgan fingerprint density at radius 1 is 1.35 bits per heavy atom. The van der Waals surface area contributed by atoms with Gasteiger partial charge in [-0.05, 0) is 25.1 Å². The van der Waals surface area contributed by atoms with E-state index in [9.17, 15) is 4.79 Å². The van der Waals surface area contributed by atoms with Gasteiger partial charge in [-0.2, -0.15) is 0 Å². The molecule has 1 aromatic carbocycles. The van der Waals surface area contributed by atoms with Crippen molar-refractivity contribution < 1.29 is 9.53 Å². The molecular weight excluding hydrogens is 274 g/mol. The molecule has 0 aliphatic carbocycles. The van der Waals surface area contributed by atoms with Crippen LogP contribution in [0.5, 0.6) is 0 Å². The first kappa shape index (κ1) is 16.7. The Bertz CT molecular complexity index is 441. The van der Waals surface area contributed by atoms with Crippen LogP contribution in [0.4, 0.5) is 11.4 Å². The Labute approximate surface area is 124 Å². The van der Waals surface area contributed by atoms with Crippen molar-refractivity contribution in [2.75, 3.05) is 37.4 Å². The summed E-state index contributed by atoms with van der Waals surface area (Å²) >= 11 is 1.57. The fourth-order valence-corrected chi connectivity index (χ4v) is 2.50. The van der Waals surface area contributed by atoms with Crippen LogP contribution in [0.1, 0.15) is 24.2 Å². The molecule has 5 N–H and O–H groups in total. The first-order valence-corrected chi connectivity index (χ1v) is 7.57. The molecular formula is C14H23N3O2S. The number of carbonyl (C=O) groups is 1. The second-order valence-corrected chi connectivity index (χ2v) is 6.03. The average molecular weight is 297 g/mol. The molecule has 5 nitrogen and oxygen atoms in total. The molecule has 1 aromatic rings. The number of hydrogen-bond acceptors (Lipinski definition) is 6. The molecule has 1 rings (SSSR count). The lowest BCUT2D eigenvalue weighted by molar-refractivity contribution is 0.0459. The smallest absolute Gasteiger partial charge is 0.338 e. The minimum Gasteiger partial charge on any atom is -0.462 e. The van der Waals surface area contributed by atoms with Gasteiger partial charge in [0, 0.05) is 23.7 Å². The van der Waals surface area contributed by atoms with E-state index in [1.54, 1.807) is 23.9 Å². The van der Waals surface area contributed by atoms with Crippen LogP contribution >= 0.6 is 11.8 Å². The van der Waals surface area contributed by atoms with Crippen LogP contribution in [-0.2, 0) is 4.74 Å². The minimum absolute atomic E-state index is 0.296. The molecule has 0 fully saturated rings. The van der Waals surface area contributed by atoms with E-state index in [0.717, 1.165) is 17.2 Å². The summed E-state index contributed by atoms with van der Waals surface area (Å²) in [6.07, 6.45) is 0. The highest BCUT2D eigenvalue weighted by Crippen LogP contribution is 2.32. The zero-order valence-corrected chi connectivity index (χ0v) is 13.0. The quantitative estimate of drug-likeness (QED) is 0.308. The van der Waals surface area contributed by atoms with Crippen molar-refractivity contribution in [3.8, 4) is 0 Å². The van der Waals surface area contributed by atoms with Gasteiger partial charge >= 0.3 is 5.97 Å². The van der Waals surface area contributed by atoms with E-state index in [1.165, 1.54) is 0 Å². The van der Waals surface area contributed by atoms with Crippen molar-refractivity contribution in [1.29, 1.82) is 0 Å². The summed E-state index contributed by atoms with van der Waals surface area (Å²) in [5.41, 5.74) is 13.4. The number of carbonyl (C=O) groups excluding carboxylic acids is 1. The van der Waals surface area contributed by atoms with Crippen LogP contribution in [-0.4, -0.2) is 31.9 Å². The van der Waals surface area contributed by atoms with Crippen LogP contribution in [0, 0.1) is 5.92 Å². The number of esters is 1. The van der Waals surface area contributed by atoms with E-state index in [2.05, 4.69) is 5.32 Å². The Morgan fingerprint density at radius 2 is 1.95 bits per heavy atom. The van der Waals surface area contributed by atoms with Gasteiger partial charge in [-0.3, -0.25) is 0 Å². The zero-order valence-electron chi connectivity index (χ0n) is 12.2. The zero-order chi connectivity index (χ0) is 15.1. The Hall–Kier alpha value is -1.40. The first-order valence-electron chi connectivity index (χ1n) is 6.59. The van der Waals surface area contributed by atoms with Crippen molar-refractivity contribution in [3.63, 3.8) is 0 Å². The highest BCUT2D eigenvalue weighted by molar-refractivity contribution is 7.99. The van der Waals surface area contributed by atoms with Crippen LogP contribution < -0.4 is 16.8 Å². The molecule has 0 saturated heterocycles. The summed E-state index contributed by atoms with van der Waals surface area (Å²) in [5, 5.41) is 3.06. The molecule has 0 radical (unpaired) electrons. The Morgan fingerprint density at radius 3 is 2.45 bits per heavy atom. The molecule has 0 saturated carbocycles. The van der Waals surface area contributed by atoms with Gasteiger partial charge in [0.25, 0.3) is 0 Å². The summed E-state index contributed by atoms with van der Waals surface area (Å²) in [5.74, 6) is 0.774. The SMILES string of the molecule is CNCCSc1c(N)cc(C(=O)OCC(C)C)cc1N. The molecule has 0 spiro atoms. The Kier molecular flexibility index (Phi) is 6.67. The van der Waals surface area contributed by atoms with Crippen LogP contribution in [0.2, 0.25) is 0 Å². The highest BCUT2D eigenvalue weighted by Gasteiger charge is 2.13. The number of nitrogens with two attached hydrogens (primary N) is 2. The van der Waals surface area contributed by atoms with Crippen LogP contribution in [0.3, 0.4) is 0 Å². The van der Waals surface area contributed by atoms with Gasteiger partial charge < -0.3 is 21.5 Å². The highest BCUT2D eigenvalue weighted by atomic mass is 32.2. The van der Waals surface area contributed by atoms with Gasteiger partial charge in [0.15, 0.2) is 0 Å². The monoisotopic (exact) mass is 297 g/mol. The molecule has 0 atom stereocenters. The molecule has 0 heterocycles. The molecule has 20 heavy (non-hydrogen) atoms. The van der Waals surface area contributed by atoms with Gasteiger partial charge in [0.05, 0.1) is 17.1 Å². The van der Waals surface area contributed by atoms with Crippen LogP contribution in [0.25, 0.3) is 0 Å². The number of benzene rings is 1. The summed E-state index contributed by atoms with van der Waals surface area (Å²) in [4.78, 5) is 12.7. The van der Waals surface area contributed by atoms with Crippen molar-refractivity contribution in [2.24, 2.45) is 5.92 Å². The third-order valence-corrected chi connectivity index (χ3v) is 3.70. The summed E-state index contributed by atoms with van der Waals surface area (Å²) < 4.78 is 5.17. The maximum atomic E-state index is 11.9. The largest absolute Gasteiger partial charge is 0.462 e. The summed E-state index contributed by atoms with van der Waals surface area (Å²) in [6.45, 7) is 5.22. The molecule has 0 bridgehead atoms. The number of rotatable bonds is 7. The third-order valence-electron chi connectivity index (χ3n) is 2.53. The minimum atomic E-state index is -0.385. The van der Waals surface area contributed by atoms with E-state index in [-0.39, 0.29) is 5.97 Å². The fourth-order valence-electron chi connectivity index (χ4n) is 1.54. The van der Waals surface area contributed by atoms with E-state index in [1.807, 2.05) is 20.9 Å². The van der Waals surface area contributed by atoms with Crippen molar-refractivity contribution in [2.45, 2.75) is 18.7 Å². The van der Waals surface area contributed by atoms with Crippen LogP contribution in [0.15, 0.2) is 17.0 Å². The van der Waals surface area contributed by atoms with Crippen molar-refractivity contribution in [3.05, 3.63) is 17.7 Å². The maximum absolute atomic E-state index is 11.9. The second kappa shape index (κ2) is 8.01. The van der Waals surface area contributed by atoms with Gasteiger partial charge in [-0.25, -0.2) is 4.79 Å². The van der Waals surface area contributed by atoms with Gasteiger partial charge in [-0.1, -0.05) is 13.8 Å². The maximum Gasteiger partial charge on any atom is 0.338 e. The van der Waals surface area contributed by atoms with Gasteiger partial charge in [0.2, 0.25) is 0 Å². The Balaban J connectivity index is 2.79. The van der Waals surface area contributed by atoms with E-state index in [4.69, 9.17) is 16.2 Å². The standard InChI is InChI=1S/C14H23N3O2S/c1-9(2)8-19-14(18)10-6-11(15)13(12(16)7-10)20-5-4-17-3/h6-7,9,17H,4-5,8,15-16H2,1-3H3. The summed E-state index contributed by atoms with van der Waals surface area (Å²) in [7, 11) is 1.89. The number of thioether (sulfide) groups is 1. The third kappa shape index (κ3) is 4.94. The molecule has 0 aromatic heterocycles. The molecule has 0 aliphatic heterocycles. The van der Waals surface area contributed by atoms with Crippen molar-refractivity contribution >= 4 is 29.1 Å². The van der Waals surface area contributed by atoms with E-state index < -0.39 is 0 Å². The average Bonchev–Trinajstić information content (AvgIpc) is 2.38. The van der Waals surface area contributed by atoms with Gasteiger partial charge in [0.1, 0.15) is 0 Å². The predicted molar refractivity (Wildman–Crippen MR) is 85.0 cm³/mol. The molecule has 6 heteroatoms. The number of ether oxygens (including phenoxy) is 1. The molecule has 0 unspecified atom stereocenters. The van der Waals surface area contributed by atoms with E-state index in [0.29, 0.717) is 29.5 Å². The molecule has 112 valence electrons. The number of nitrogens with one attached hydrogen (secondary N) is 1. The first-order chi connectivity index (χ1) is 9.45. The molecule has 0 amide bonds. The number of nitrogen functional groups attached to an aromatic ring is 2. The number of hydrogen-bond donors (Lipinski definition) is 3. The predicted octanol–water partition coefficient (Wildman–Crippen LogP) is 1.98. The second-order valence-electron chi connectivity index (χ2n) is 4.93. The number of anilines is 2. The normalized spacial score (nSPS) is 10.8. The fraction of sp³-hybridized carbons (Fsp3) is 0.500. The van der Waals surface area contributed by atoms with E-state index >= 15 is 0 Å². The molecule has 0 aliphatic rings. The lowest BCUT2D eigenvalue weighted by atomic mass is 10.1. The van der Waals surface area contributed by atoms with Gasteiger partial charge in [-0.15, -0.1) is 11.8 Å². The summed E-state index contributed by atoms with van der Waals surface area (Å²) in [6, 6.07) is 3.25. The van der Waals surface area contributed by atoms with Crippen molar-refractivity contribution in [1.82, 2.24) is 5.32 Å². The lowest BCUT2D eigenvalue weighted by Crippen LogP contribution is -2.12. The topological polar surface area (TPSA) is 90.4 Å².